The SMILES string of the molecule is C#CC1CC(=O)N(c2ncc[nH]c2=O)C1. The number of aromatic amines is 1. The van der Waals surface area contributed by atoms with Gasteiger partial charge in [-0.05, 0) is 0 Å². The summed E-state index contributed by atoms with van der Waals surface area (Å²) in [5.41, 5.74) is -0.372. The molecule has 0 spiro atoms. The molecule has 0 bridgehead atoms. The predicted molar refractivity (Wildman–Crippen MR) is 54.2 cm³/mol. The molecule has 2 heterocycles. The van der Waals surface area contributed by atoms with Crippen molar-refractivity contribution in [1.82, 2.24) is 9.97 Å². The molecule has 1 aromatic heterocycles. The van der Waals surface area contributed by atoms with E-state index in [0.717, 1.165) is 0 Å². The number of carbonyl (C=O) groups excluding carboxylic acids is 1. The highest BCUT2D eigenvalue weighted by Crippen LogP contribution is 2.19. The van der Waals surface area contributed by atoms with Gasteiger partial charge in [0.1, 0.15) is 0 Å². The van der Waals surface area contributed by atoms with Crippen molar-refractivity contribution < 1.29 is 4.79 Å². The molecule has 0 aromatic carbocycles. The lowest BCUT2D eigenvalue weighted by Crippen LogP contribution is -2.31. The Morgan fingerprint density at radius 2 is 2.40 bits per heavy atom. The molecule has 15 heavy (non-hydrogen) atoms. The molecule has 1 fully saturated rings. The summed E-state index contributed by atoms with van der Waals surface area (Å²) in [6.45, 7) is 0.370. The lowest BCUT2D eigenvalue weighted by molar-refractivity contribution is -0.117. The highest BCUT2D eigenvalue weighted by atomic mass is 16.2. The summed E-state index contributed by atoms with van der Waals surface area (Å²) in [7, 11) is 0. The average molecular weight is 203 g/mol. The van der Waals surface area contributed by atoms with Crippen molar-refractivity contribution in [2.75, 3.05) is 11.4 Å². The second-order valence-electron chi connectivity index (χ2n) is 3.31. The summed E-state index contributed by atoms with van der Waals surface area (Å²) in [6, 6.07) is 0. The van der Waals surface area contributed by atoms with Gasteiger partial charge < -0.3 is 4.98 Å². The van der Waals surface area contributed by atoms with E-state index in [4.69, 9.17) is 6.42 Å². The monoisotopic (exact) mass is 203 g/mol. The normalized spacial score (nSPS) is 20.3. The molecule has 1 N–H and O–H groups in total. The highest BCUT2D eigenvalue weighted by Gasteiger charge is 2.31. The lowest BCUT2D eigenvalue weighted by Gasteiger charge is -2.12. The molecule has 1 amide bonds. The Morgan fingerprint density at radius 3 is 3.00 bits per heavy atom. The third-order valence-corrected chi connectivity index (χ3v) is 2.31. The van der Waals surface area contributed by atoms with Crippen LogP contribution in [0, 0.1) is 18.3 Å². The van der Waals surface area contributed by atoms with E-state index in [1.807, 2.05) is 0 Å². The molecule has 76 valence electrons. The van der Waals surface area contributed by atoms with Gasteiger partial charge in [0, 0.05) is 31.3 Å². The molecular weight excluding hydrogens is 194 g/mol. The van der Waals surface area contributed by atoms with Crippen molar-refractivity contribution in [2.24, 2.45) is 5.92 Å². The van der Waals surface area contributed by atoms with E-state index >= 15 is 0 Å². The molecular formula is C10H9N3O2. The first-order valence-corrected chi connectivity index (χ1v) is 4.52. The van der Waals surface area contributed by atoms with E-state index in [1.54, 1.807) is 0 Å². The molecule has 1 aliphatic heterocycles. The zero-order valence-electron chi connectivity index (χ0n) is 7.93. The smallest absolute Gasteiger partial charge is 0.291 e. The summed E-state index contributed by atoms with van der Waals surface area (Å²) in [5.74, 6) is 2.36. The Hall–Kier alpha value is -2.09. The largest absolute Gasteiger partial charge is 0.324 e. The van der Waals surface area contributed by atoms with E-state index in [0.29, 0.717) is 6.54 Å². The molecule has 1 atom stereocenters. The summed E-state index contributed by atoms with van der Waals surface area (Å²) >= 11 is 0. The number of nitrogens with zero attached hydrogens (tertiary/aromatic N) is 2. The van der Waals surface area contributed by atoms with Gasteiger partial charge in [0.15, 0.2) is 0 Å². The fourth-order valence-electron chi connectivity index (χ4n) is 1.56. The third-order valence-electron chi connectivity index (χ3n) is 2.31. The summed E-state index contributed by atoms with van der Waals surface area (Å²) in [5, 5.41) is 0. The number of amides is 1. The van der Waals surface area contributed by atoms with E-state index in [2.05, 4.69) is 15.9 Å². The zero-order chi connectivity index (χ0) is 10.8. The highest BCUT2D eigenvalue weighted by molar-refractivity contribution is 5.95. The minimum Gasteiger partial charge on any atom is -0.324 e. The van der Waals surface area contributed by atoms with Crippen LogP contribution in [0.1, 0.15) is 6.42 Å². The fraction of sp³-hybridized carbons (Fsp3) is 0.300. The van der Waals surface area contributed by atoms with Crippen molar-refractivity contribution >= 4 is 11.7 Å². The van der Waals surface area contributed by atoms with E-state index in [1.165, 1.54) is 17.3 Å². The Kier molecular flexibility index (Phi) is 2.26. The van der Waals surface area contributed by atoms with Crippen LogP contribution in [0.15, 0.2) is 17.2 Å². The van der Waals surface area contributed by atoms with Gasteiger partial charge in [0.25, 0.3) is 5.56 Å². The second kappa shape index (κ2) is 3.58. The van der Waals surface area contributed by atoms with E-state index in [9.17, 15) is 9.59 Å². The van der Waals surface area contributed by atoms with Gasteiger partial charge in [-0.15, -0.1) is 12.3 Å². The first-order chi connectivity index (χ1) is 7.22. The molecule has 5 nitrogen and oxygen atoms in total. The van der Waals surface area contributed by atoms with Gasteiger partial charge in [-0.1, -0.05) is 0 Å². The van der Waals surface area contributed by atoms with Gasteiger partial charge >= 0.3 is 0 Å². The van der Waals surface area contributed by atoms with Crippen LogP contribution in [0.25, 0.3) is 0 Å². The Bertz CT molecular complexity index is 486. The van der Waals surface area contributed by atoms with E-state index < -0.39 is 0 Å². The maximum absolute atomic E-state index is 11.5. The Morgan fingerprint density at radius 1 is 1.60 bits per heavy atom. The van der Waals surface area contributed by atoms with Crippen molar-refractivity contribution in [3.05, 3.63) is 22.7 Å². The first kappa shape index (κ1) is 9.46. The molecule has 0 aliphatic carbocycles. The van der Waals surface area contributed by atoms with Crippen LogP contribution >= 0.6 is 0 Å². The number of nitrogens with one attached hydrogen (secondary N) is 1. The van der Waals surface area contributed by atoms with Crippen LogP contribution in [0.3, 0.4) is 0 Å². The predicted octanol–water partition coefficient (Wildman–Crippen LogP) is -0.244. The summed E-state index contributed by atoms with van der Waals surface area (Å²) in [6.07, 6.45) is 8.38. The number of rotatable bonds is 1. The quantitative estimate of drug-likeness (QED) is 0.640. The first-order valence-electron chi connectivity index (χ1n) is 4.52. The van der Waals surface area contributed by atoms with Crippen LogP contribution in [-0.2, 0) is 4.79 Å². The molecule has 1 unspecified atom stereocenters. The Balaban J connectivity index is 2.34. The summed E-state index contributed by atoms with van der Waals surface area (Å²) < 4.78 is 0. The van der Waals surface area contributed by atoms with Crippen molar-refractivity contribution in [2.45, 2.75) is 6.42 Å². The van der Waals surface area contributed by atoms with Crippen molar-refractivity contribution in [3.8, 4) is 12.3 Å². The summed E-state index contributed by atoms with van der Waals surface area (Å²) in [4.78, 5) is 30.6. The van der Waals surface area contributed by atoms with Gasteiger partial charge in [0.2, 0.25) is 11.7 Å². The molecule has 0 radical (unpaired) electrons. The van der Waals surface area contributed by atoms with Crippen LogP contribution in [0.4, 0.5) is 5.82 Å². The maximum atomic E-state index is 11.5. The van der Waals surface area contributed by atoms with Crippen LogP contribution in [-0.4, -0.2) is 22.4 Å². The van der Waals surface area contributed by atoms with E-state index in [-0.39, 0.29) is 29.6 Å². The number of H-pyrrole nitrogens is 1. The molecule has 1 saturated heterocycles. The molecule has 5 heteroatoms. The number of hydrogen-bond donors (Lipinski definition) is 1. The average Bonchev–Trinajstić information content (AvgIpc) is 2.60. The fourth-order valence-corrected chi connectivity index (χ4v) is 1.56. The lowest BCUT2D eigenvalue weighted by atomic mass is 10.1. The molecule has 0 saturated carbocycles. The number of aromatic nitrogens is 2. The van der Waals surface area contributed by atoms with Crippen molar-refractivity contribution in [3.63, 3.8) is 0 Å². The van der Waals surface area contributed by atoms with Gasteiger partial charge in [0.05, 0.1) is 0 Å². The van der Waals surface area contributed by atoms with Gasteiger partial charge in [-0.2, -0.15) is 0 Å². The van der Waals surface area contributed by atoms with Crippen molar-refractivity contribution in [1.29, 1.82) is 0 Å². The number of terminal acetylenes is 1. The topological polar surface area (TPSA) is 66.1 Å². The third kappa shape index (κ3) is 1.62. The van der Waals surface area contributed by atoms with Crippen LogP contribution < -0.4 is 10.5 Å². The van der Waals surface area contributed by atoms with Gasteiger partial charge in [-0.3, -0.25) is 14.5 Å². The van der Waals surface area contributed by atoms with Crippen LogP contribution in [0.5, 0.6) is 0 Å². The zero-order valence-corrected chi connectivity index (χ0v) is 7.93. The van der Waals surface area contributed by atoms with Gasteiger partial charge in [-0.25, -0.2) is 4.98 Å². The molecule has 2 rings (SSSR count). The number of hydrogen-bond acceptors (Lipinski definition) is 3. The Labute approximate surface area is 86.1 Å². The standard InChI is InChI=1S/C10H9N3O2/c1-2-7-5-8(14)13(6-7)9-10(15)12-4-3-11-9/h1,3-4,7H,5-6H2,(H,12,15). The second-order valence-corrected chi connectivity index (χ2v) is 3.31. The number of anilines is 1. The minimum atomic E-state index is -0.372. The molecule has 1 aliphatic rings. The molecule has 1 aromatic rings. The maximum Gasteiger partial charge on any atom is 0.291 e. The van der Waals surface area contributed by atoms with Crippen LogP contribution in [0.2, 0.25) is 0 Å². The minimum absolute atomic E-state index is 0.125. The number of carbonyl (C=O) groups is 1.